The molecule has 3 aromatic rings. The van der Waals surface area contributed by atoms with Gasteiger partial charge in [0, 0.05) is 5.69 Å². The van der Waals surface area contributed by atoms with Crippen molar-refractivity contribution in [1.29, 1.82) is 0 Å². The number of hydrogen-bond donors (Lipinski definition) is 1. The van der Waals surface area contributed by atoms with Crippen molar-refractivity contribution in [1.82, 2.24) is 0 Å². The number of carbonyl (C=O) groups is 2. The predicted molar refractivity (Wildman–Crippen MR) is 125 cm³/mol. The summed E-state index contributed by atoms with van der Waals surface area (Å²) in [5.74, 6) is 0.545. The molecule has 0 spiro atoms. The Hall–Kier alpha value is -4.06. The van der Waals surface area contributed by atoms with Crippen LogP contribution < -0.4 is 19.7 Å². The van der Waals surface area contributed by atoms with Gasteiger partial charge < -0.3 is 14.8 Å². The van der Waals surface area contributed by atoms with E-state index in [-0.39, 0.29) is 11.6 Å². The average Bonchev–Trinajstić information content (AvgIpc) is 3.05. The van der Waals surface area contributed by atoms with E-state index in [1.807, 2.05) is 38.1 Å². The van der Waals surface area contributed by atoms with E-state index in [1.165, 1.54) is 4.90 Å². The Morgan fingerprint density at radius 1 is 0.812 bits per heavy atom. The molecule has 0 bridgehead atoms. The monoisotopic (exact) mass is 428 g/mol. The molecule has 0 aliphatic carbocycles. The van der Waals surface area contributed by atoms with Crippen molar-refractivity contribution in [2.24, 2.45) is 0 Å². The molecular weight excluding hydrogens is 404 g/mol. The minimum absolute atomic E-state index is 0.234. The van der Waals surface area contributed by atoms with Gasteiger partial charge in [0.1, 0.15) is 17.2 Å². The van der Waals surface area contributed by atoms with Crippen LogP contribution >= 0.6 is 0 Å². The average molecular weight is 428 g/mol. The maximum atomic E-state index is 13.5. The zero-order chi connectivity index (χ0) is 22.7. The summed E-state index contributed by atoms with van der Waals surface area (Å²) in [6, 6.07) is 21.7. The highest BCUT2D eigenvalue weighted by molar-refractivity contribution is 6.46. The van der Waals surface area contributed by atoms with Crippen LogP contribution in [-0.2, 0) is 9.59 Å². The molecule has 0 saturated heterocycles. The molecule has 1 aliphatic rings. The second-order valence-corrected chi connectivity index (χ2v) is 7.34. The summed E-state index contributed by atoms with van der Waals surface area (Å²) in [5, 5.41) is 3.17. The quantitative estimate of drug-likeness (QED) is 0.548. The van der Waals surface area contributed by atoms with E-state index in [0.717, 1.165) is 11.3 Å². The van der Waals surface area contributed by atoms with Gasteiger partial charge >= 0.3 is 0 Å². The molecule has 162 valence electrons. The first-order valence-electron chi connectivity index (χ1n) is 10.4. The van der Waals surface area contributed by atoms with Crippen molar-refractivity contribution in [2.75, 3.05) is 23.9 Å². The lowest BCUT2D eigenvalue weighted by atomic mass is 10.0. The number of anilines is 2. The molecule has 0 unspecified atom stereocenters. The predicted octanol–water partition coefficient (Wildman–Crippen LogP) is 4.80. The lowest BCUT2D eigenvalue weighted by molar-refractivity contribution is -0.120. The molecule has 0 fully saturated rings. The first-order valence-corrected chi connectivity index (χ1v) is 10.4. The van der Waals surface area contributed by atoms with Gasteiger partial charge in [0.05, 0.1) is 25.0 Å². The van der Waals surface area contributed by atoms with Crippen molar-refractivity contribution < 1.29 is 19.1 Å². The van der Waals surface area contributed by atoms with E-state index in [0.29, 0.717) is 34.9 Å². The van der Waals surface area contributed by atoms with Gasteiger partial charge in [-0.15, -0.1) is 0 Å². The number of carbonyl (C=O) groups excluding carboxylic acids is 2. The van der Waals surface area contributed by atoms with Crippen LogP contribution in [0, 0.1) is 6.92 Å². The Balaban J connectivity index is 1.75. The standard InChI is InChI=1S/C26H24N2O4/c1-4-32-22-15-11-20(12-16-22)28-25(29)23(18-7-13-21(31-3)14-8-18)24(26(28)30)27-19-9-5-17(2)6-10-19/h5-16,27H,4H2,1-3H3. The summed E-state index contributed by atoms with van der Waals surface area (Å²) in [6.07, 6.45) is 0. The van der Waals surface area contributed by atoms with Crippen LogP contribution in [0.2, 0.25) is 0 Å². The summed E-state index contributed by atoms with van der Waals surface area (Å²) in [7, 11) is 1.58. The van der Waals surface area contributed by atoms with Gasteiger partial charge in [-0.1, -0.05) is 29.8 Å². The van der Waals surface area contributed by atoms with Crippen LogP contribution in [0.15, 0.2) is 78.5 Å². The molecule has 32 heavy (non-hydrogen) atoms. The van der Waals surface area contributed by atoms with Crippen molar-refractivity contribution in [3.63, 3.8) is 0 Å². The van der Waals surface area contributed by atoms with Crippen LogP contribution in [0.1, 0.15) is 18.1 Å². The minimum atomic E-state index is -0.412. The van der Waals surface area contributed by atoms with Gasteiger partial charge in [0.15, 0.2) is 0 Å². The van der Waals surface area contributed by atoms with Crippen molar-refractivity contribution >= 4 is 28.8 Å². The molecule has 2 amide bonds. The first-order chi connectivity index (χ1) is 15.5. The lowest BCUT2D eigenvalue weighted by Crippen LogP contribution is -2.32. The van der Waals surface area contributed by atoms with Crippen molar-refractivity contribution in [3.8, 4) is 11.5 Å². The fourth-order valence-corrected chi connectivity index (χ4v) is 3.55. The normalized spacial score (nSPS) is 13.5. The minimum Gasteiger partial charge on any atom is -0.497 e. The van der Waals surface area contributed by atoms with Gasteiger partial charge in [-0.3, -0.25) is 9.59 Å². The number of aryl methyl sites for hydroxylation is 1. The molecule has 6 heteroatoms. The molecule has 1 heterocycles. The molecule has 0 aromatic heterocycles. The Kier molecular flexibility index (Phi) is 5.94. The van der Waals surface area contributed by atoms with Crippen LogP contribution in [0.3, 0.4) is 0 Å². The smallest absolute Gasteiger partial charge is 0.282 e. The maximum absolute atomic E-state index is 13.5. The van der Waals surface area contributed by atoms with Crippen LogP contribution in [-0.4, -0.2) is 25.5 Å². The molecular formula is C26H24N2O4. The number of imide groups is 1. The molecule has 3 aromatic carbocycles. The van der Waals surface area contributed by atoms with E-state index in [9.17, 15) is 9.59 Å². The number of amides is 2. The molecule has 1 aliphatic heterocycles. The zero-order valence-corrected chi connectivity index (χ0v) is 18.2. The van der Waals surface area contributed by atoms with Gasteiger partial charge in [0.2, 0.25) is 0 Å². The first kappa shape index (κ1) is 21.2. The van der Waals surface area contributed by atoms with E-state index in [2.05, 4.69) is 5.32 Å². The third kappa shape index (κ3) is 4.07. The summed E-state index contributed by atoms with van der Waals surface area (Å²) in [5.41, 5.74) is 3.49. The van der Waals surface area contributed by atoms with E-state index >= 15 is 0 Å². The molecule has 4 rings (SSSR count). The van der Waals surface area contributed by atoms with E-state index in [1.54, 1.807) is 55.6 Å². The number of hydrogen-bond acceptors (Lipinski definition) is 5. The fraction of sp³-hybridized carbons (Fsp3) is 0.154. The Morgan fingerprint density at radius 2 is 1.44 bits per heavy atom. The number of ether oxygens (including phenoxy) is 2. The van der Waals surface area contributed by atoms with Gasteiger partial charge in [-0.05, 0) is 67.9 Å². The van der Waals surface area contributed by atoms with Gasteiger partial charge in [0.25, 0.3) is 11.8 Å². The van der Waals surface area contributed by atoms with Crippen molar-refractivity contribution in [3.05, 3.63) is 89.6 Å². The van der Waals surface area contributed by atoms with Crippen LogP contribution in [0.25, 0.3) is 5.57 Å². The molecule has 0 atom stereocenters. The highest BCUT2D eigenvalue weighted by Crippen LogP contribution is 2.35. The largest absolute Gasteiger partial charge is 0.497 e. The van der Waals surface area contributed by atoms with Crippen molar-refractivity contribution in [2.45, 2.75) is 13.8 Å². The lowest BCUT2D eigenvalue weighted by Gasteiger charge is -2.16. The highest BCUT2D eigenvalue weighted by atomic mass is 16.5. The fourth-order valence-electron chi connectivity index (χ4n) is 3.55. The Labute approximate surface area is 187 Å². The number of methoxy groups -OCH3 is 1. The van der Waals surface area contributed by atoms with Crippen LogP contribution in [0.5, 0.6) is 11.5 Å². The molecule has 6 nitrogen and oxygen atoms in total. The molecule has 1 N–H and O–H groups in total. The summed E-state index contributed by atoms with van der Waals surface area (Å²) in [4.78, 5) is 28.1. The number of nitrogens with zero attached hydrogens (tertiary/aromatic N) is 1. The SMILES string of the molecule is CCOc1ccc(N2C(=O)C(Nc3ccc(C)cc3)=C(c3ccc(OC)cc3)C2=O)cc1. The van der Waals surface area contributed by atoms with E-state index < -0.39 is 5.91 Å². The van der Waals surface area contributed by atoms with Gasteiger partial charge in [-0.2, -0.15) is 0 Å². The topological polar surface area (TPSA) is 67.9 Å². The second-order valence-electron chi connectivity index (χ2n) is 7.34. The maximum Gasteiger partial charge on any atom is 0.282 e. The van der Waals surface area contributed by atoms with E-state index in [4.69, 9.17) is 9.47 Å². The zero-order valence-electron chi connectivity index (χ0n) is 18.2. The number of benzene rings is 3. The summed E-state index contributed by atoms with van der Waals surface area (Å²) >= 11 is 0. The number of rotatable bonds is 7. The third-order valence-electron chi connectivity index (χ3n) is 5.19. The molecule has 0 radical (unpaired) electrons. The highest BCUT2D eigenvalue weighted by Gasteiger charge is 2.40. The Bertz CT molecular complexity index is 1160. The summed E-state index contributed by atoms with van der Waals surface area (Å²) < 4.78 is 10.7. The Morgan fingerprint density at radius 3 is 2.03 bits per heavy atom. The third-order valence-corrected chi connectivity index (χ3v) is 5.19. The van der Waals surface area contributed by atoms with Crippen LogP contribution in [0.4, 0.5) is 11.4 Å². The van der Waals surface area contributed by atoms with Gasteiger partial charge in [-0.25, -0.2) is 4.90 Å². The second kappa shape index (κ2) is 8.98. The summed E-state index contributed by atoms with van der Waals surface area (Å²) in [6.45, 7) is 4.42. The number of nitrogens with one attached hydrogen (secondary N) is 1. The molecule has 0 saturated carbocycles.